The van der Waals surface area contributed by atoms with Crippen molar-refractivity contribution in [2.24, 2.45) is 0 Å². The van der Waals surface area contributed by atoms with Gasteiger partial charge in [0, 0.05) is 21.8 Å². The Bertz CT molecular complexity index is 576. The lowest BCUT2D eigenvalue weighted by atomic mass is 10.2. The van der Waals surface area contributed by atoms with Gasteiger partial charge in [0.15, 0.2) is 0 Å². The number of halogens is 1. The maximum atomic E-state index is 2.49. The highest BCUT2D eigenvalue weighted by Gasteiger charge is 2.08. The fourth-order valence-corrected chi connectivity index (χ4v) is 4.52. The Labute approximate surface area is 106 Å². The van der Waals surface area contributed by atoms with Crippen LogP contribution in [0.3, 0.4) is 0 Å². The van der Waals surface area contributed by atoms with Gasteiger partial charge in [0.25, 0.3) is 0 Å². The second-order valence-electron chi connectivity index (χ2n) is 3.50. The van der Waals surface area contributed by atoms with Crippen LogP contribution in [0.15, 0.2) is 48.5 Å². The molecule has 0 aliphatic rings. The van der Waals surface area contributed by atoms with Gasteiger partial charge in [0.1, 0.15) is 0 Å². The minimum atomic E-state index is 0.263. The SMILES string of the molecule is [I][Al][n]1c2ccccc2c2ccccc21. The summed E-state index contributed by atoms with van der Waals surface area (Å²) in [6, 6.07) is 17.3. The first-order chi connectivity index (χ1) is 7.42. The minimum Gasteiger partial charge on any atom is -0.431 e. The number of nitrogens with zero attached hydrogens (tertiary/aromatic N) is 1. The molecule has 0 saturated heterocycles. The highest BCUT2D eigenvalue weighted by Crippen LogP contribution is 2.27. The Morgan fingerprint density at radius 3 is 1.73 bits per heavy atom. The summed E-state index contributed by atoms with van der Waals surface area (Å²) < 4.78 is 2.44. The van der Waals surface area contributed by atoms with Crippen molar-refractivity contribution in [3.63, 3.8) is 0 Å². The molecule has 0 N–H and O–H groups in total. The predicted octanol–water partition coefficient (Wildman–Crippen LogP) is 3.61. The molecule has 0 unspecified atom stereocenters. The van der Waals surface area contributed by atoms with Crippen molar-refractivity contribution >= 4 is 54.2 Å². The monoisotopic (exact) mass is 320 g/mol. The molecule has 1 radical (unpaired) electrons. The summed E-state index contributed by atoms with van der Waals surface area (Å²) in [5.41, 5.74) is 2.73. The van der Waals surface area contributed by atoms with Gasteiger partial charge in [-0.2, -0.15) is 20.3 Å². The van der Waals surface area contributed by atoms with Crippen molar-refractivity contribution in [1.82, 2.24) is 3.55 Å². The summed E-state index contributed by atoms with van der Waals surface area (Å²) in [4.78, 5) is 0. The number of hydrogen-bond acceptors (Lipinski definition) is 0. The second-order valence-corrected chi connectivity index (χ2v) is 5.88. The van der Waals surface area contributed by atoms with Crippen molar-refractivity contribution in [3.05, 3.63) is 48.5 Å². The molecule has 0 atom stereocenters. The van der Waals surface area contributed by atoms with Crippen molar-refractivity contribution in [1.29, 1.82) is 0 Å². The molecule has 0 fully saturated rings. The van der Waals surface area contributed by atoms with Crippen LogP contribution in [0.25, 0.3) is 21.8 Å². The van der Waals surface area contributed by atoms with Crippen LogP contribution in [0.4, 0.5) is 0 Å². The summed E-state index contributed by atoms with van der Waals surface area (Å²) in [7, 11) is 0. The van der Waals surface area contributed by atoms with E-state index in [0.717, 1.165) is 0 Å². The molecule has 0 amide bonds. The molecule has 0 spiro atoms. The maximum absolute atomic E-state index is 2.49. The predicted molar refractivity (Wildman–Crippen MR) is 74.6 cm³/mol. The molecule has 1 aromatic heterocycles. The third-order valence-electron chi connectivity index (χ3n) is 2.71. The molecule has 71 valence electrons. The summed E-state index contributed by atoms with van der Waals surface area (Å²) >= 11 is 2.76. The Kier molecular flexibility index (Phi) is 2.47. The number of rotatable bonds is 1. The third kappa shape index (κ3) is 1.42. The van der Waals surface area contributed by atoms with Crippen LogP contribution in [0.2, 0.25) is 0 Å². The van der Waals surface area contributed by atoms with E-state index in [1.165, 1.54) is 21.8 Å². The van der Waals surface area contributed by atoms with Gasteiger partial charge in [0.2, 0.25) is 0 Å². The molecule has 0 aliphatic heterocycles. The number of hydrogen-bond donors (Lipinski definition) is 0. The lowest BCUT2D eigenvalue weighted by Gasteiger charge is -2.00. The molecule has 1 heterocycles. The third-order valence-corrected chi connectivity index (χ3v) is 5.14. The lowest BCUT2D eigenvalue weighted by molar-refractivity contribution is 1.39. The van der Waals surface area contributed by atoms with Gasteiger partial charge in [0.05, 0.1) is 0 Å². The normalized spacial score (nSPS) is 11.0. The lowest BCUT2D eigenvalue weighted by Crippen LogP contribution is -1.96. The highest BCUT2D eigenvalue weighted by atomic mass is 127. The quantitative estimate of drug-likeness (QED) is 0.477. The van der Waals surface area contributed by atoms with Crippen LogP contribution in [-0.4, -0.2) is 15.7 Å². The first kappa shape index (κ1) is 9.71. The Morgan fingerprint density at radius 2 is 1.27 bits per heavy atom. The van der Waals surface area contributed by atoms with E-state index in [1.807, 2.05) is 0 Å². The molecular formula is C12H8AlIN. The van der Waals surface area contributed by atoms with Gasteiger partial charge in [-0.25, -0.2) is 0 Å². The Balaban J connectivity index is 2.62. The summed E-state index contributed by atoms with van der Waals surface area (Å²) in [6.07, 6.45) is 0. The molecule has 0 bridgehead atoms. The summed E-state index contributed by atoms with van der Waals surface area (Å²) in [6.45, 7) is 0. The summed E-state index contributed by atoms with van der Waals surface area (Å²) in [5, 5.41) is 2.74. The van der Waals surface area contributed by atoms with E-state index in [2.05, 4.69) is 72.4 Å². The zero-order valence-corrected chi connectivity index (χ0v) is 11.3. The van der Waals surface area contributed by atoms with E-state index in [4.69, 9.17) is 0 Å². The van der Waals surface area contributed by atoms with Crippen molar-refractivity contribution in [3.8, 4) is 0 Å². The van der Waals surface area contributed by atoms with Crippen LogP contribution >= 0.6 is 20.3 Å². The van der Waals surface area contributed by atoms with E-state index in [-0.39, 0.29) is 12.2 Å². The molecule has 15 heavy (non-hydrogen) atoms. The average molecular weight is 320 g/mol. The van der Waals surface area contributed by atoms with E-state index >= 15 is 0 Å². The van der Waals surface area contributed by atoms with Crippen LogP contribution in [0.5, 0.6) is 0 Å². The Morgan fingerprint density at radius 1 is 0.800 bits per heavy atom. The smallest absolute Gasteiger partial charge is 0.431 e. The maximum Gasteiger partial charge on any atom is 0.478 e. The van der Waals surface area contributed by atoms with E-state index in [0.29, 0.717) is 0 Å². The fraction of sp³-hybridized carbons (Fsp3) is 0. The molecule has 3 rings (SSSR count). The summed E-state index contributed by atoms with van der Waals surface area (Å²) in [5.74, 6) is 0. The number of para-hydroxylation sites is 2. The van der Waals surface area contributed by atoms with Crippen LogP contribution < -0.4 is 0 Å². The average Bonchev–Trinajstić information content (AvgIpc) is 2.63. The molecule has 3 heteroatoms. The van der Waals surface area contributed by atoms with Gasteiger partial charge in [-0.15, -0.1) is 0 Å². The van der Waals surface area contributed by atoms with Gasteiger partial charge >= 0.3 is 12.2 Å². The number of fused-ring (bicyclic) bond motifs is 3. The van der Waals surface area contributed by atoms with Crippen LogP contribution in [-0.2, 0) is 0 Å². The standard InChI is InChI=1S/C12H8N.Al.HI/c1-3-7-11-9(5-1)10-6-2-4-8-12(10)13-11;;/h1-8H;;1H/q-1;+2;/p-1. The number of aromatic nitrogens is 1. The highest BCUT2D eigenvalue weighted by molar-refractivity contribution is 14.1. The zero-order chi connectivity index (χ0) is 10.3. The minimum absolute atomic E-state index is 0.263. The fourth-order valence-electron chi connectivity index (χ4n) is 2.06. The van der Waals surface area contributed by atoms with Crippen molar-refractivity contribution in [2.45, 2.75) is 0 Å². The Hall–Kier alpha value is -0.498. The van der Waals surface area contributed by atoms with Gasteiger partial charge < -0.3 is 3.55 Å². The first-order valence-electron chi connectivity index (χ1n) is 4.83. The largest absolute Gasteiger partial charge is 0.478 e. The van der Waals surface area contributed by atoms with E-state index < -0.39 is 0 Å². The molecule has 0 aliphatic carbocycles. The van der Waals surface area contributed by atoms with E-state index in [1.54, 1.807) is 0 Å². The van der Waals surface area contributed by atoms with Crippen molar-refractivity contribution < 1.29 is 0 Å². The van der Waals surface area contributed by atoms with Crippen molar-refractivity contribution in [2.75, 3.05) is 0 Å². The molecule has 1 nitrogen and oxygen atoms in total. The molecule has 3 aromatic rings. The first-order valence-corrected chi connectivity index (χ1v) is 9.52. The van der Waals surface area contributed by atoms with Crippen LogP contribution in [0, 0.1) is 0 Å². The second kappa shape index (κ2) is 3.82. The molecule has 2 aromatic carbocycles. The topological polar surface area (TPSA) is 4.93 Å². The van der Waals surface area contributed by atoms with E-state index in [9.17, 15) is 0 Å². The van der Waals surface area contributed by atoms with Gasteiger partial charge in [-0.1, -0.05) is 36.4 Å². The number of benzene rings is 2. The molecular weight excluding hydrogens is 312 g/mol. The van der Waals surface area contributed by atoms with Gasteiger partial charge in [-0.05, 0) is 12.1 Å². The van der Waals surface area contributed by atoms with Gasteiger partial charge in [-0.3, -0.25) is 0 Å². The van der Waals surface area contributed by atoms with Crippen LogP contribution in [0.1, 0.15) is 0 Å². The zero-order valence-electron chi connectivity index (χ0n) is 8.02. The molecule has 0 saturated carbocycles.